The Morgan fingerprint density at radius 2 is 2.33 bits per heavy atom. The standard InChI is InChI=1S/C6H8N2O/c1-8(5-9)6(4-7)2-3-6/h5H,2-3H2,1H3. The van der Waals surface area contributed by atoms with Crippen molar-refractivity contribution in [3.63, 3.8) is 0 Å². The highest BCUT2D eigenvalue weighted by Crippen LogP contribution is 2.38. The van der Waals surface area contributed by atoms with E-state index in [1.165, 1.54) is 4.90 Å². The van der Waals surface area contributed by atoms with Crippen LogP contribution in [0.5, 0.6) is 0 Å². The van der Waals surface area contributed by atoms with E-state index >= 15 is 0 Å². The fourth-order valence-electron chi connectivity index (χ4n) is 0.763. The Bertz CT molecular complexity index is 166. The van der Waals surface area contributed by atoms with Crippen molar-refractivity contribution >= 4 is 6.41 Å². The van der Waals surface area contributed by atoms with Crippen molar-refractivity contribution in [3.05, 3.63) is 0 Å². The molecule has 0 N–H and O–H groups in total. The van der Waals surface area contributed by atoms with Crippen molar-refractivity contribution in [2.24, 2.45) is 0 Å². The molecule has 0 radical (unpaired) electrons. The minimum atomic E-state index is -0.429. The van der Waals surface area contributed by atoms with Gasteiger partial charge in [0.15, 0.2) is 0 Å². The molecule has 1 amide bonds. The Labute approximate surface area is 53.9 Å². The second-order valence-corrected chi connectivity index (χ2v) is 2.36. The molecule has 0 heterocycles. The molecular weight excluding hydrogens is 116 g/mol. The van der Waals surface area contributed by atoms with E-state index in [0.717, 1.165) is 12.8 Å². The van der Waals surface area contributed by atoms with E-state index < -0.39 is 5.54 Å². The molecule has 0 aromatic heterocycles. The molecule has 1 saturated carbocycles. The molecular formula is C6H8N2O. The van der Waals surface area contributed by atoms with Gasteiger partial charge in [-0.05, 0) is 12.8 Å². The second kappa shape index (κ2) is 1.73. The van der Waals surface area contributed by atoms with Gasteiger partial charge in [0, 0.05) is 7.05 Å². The van der Waals surface area contributed by atoms with Gasteiger partial charge in [0.05, 0.1) is 6.07 Å². The molecule has 0 bridgehead atoms. The average Bonchev–Trinajstić information content (AvgIpc) is 2.66. The van der Waals surface area contributed by atoms with Crippen LogP contribution in [-0.2, 0) is 4.79 Å². The SMILES string of the molecule is CN(C=O)C1(C#N)CC1. The van der Waals surface area contributed by atoms with E-state index in [1.807, 2.05) is 0 Å². The smallest absolute Gasteiger partial charge is 0.210 e. The van der Waals surface area contributed by atoms with Crippen molar-refractivity contribution in [2.45, 2.75) is 18.4 Å². The molecule has 0 aromatic carbocycles. The highest BCUT2D eigenvalue weighted by atomic mass is 16.1. The first-order valence-corrected chi connectivity index (χ1v) is 2.85. The van der Waals surface area contributed by atoms with Gasteiger partial charge in [-0.1, -0.05) is 0 Å². The third kappa shape index (κ3) is 0.765. The molecule has 1 aliphatic carbocycles. The molecule has 48 valence electrons. The lowest BCUT2D eigenvalue weighted by molar-refractivity contribution is -0.118. The van der Waals surface area contributed by atoms with Crippen LogP contribution in [0.15, 0.2) is 0 Å². The molecule has 9 heavy (non-hydrogen) atoms. The average molecular weight is 124 g/mol. The number of hydrogen-bond acceptors (Lipinski definition) is 2. The summed E-state index contributed by atoms with van der Waals surface area (Å²) < 4.78 is 0. The molecule has 3 nitrogen and oxygen atoms in total. The van der Waals surface area contributed by atoms with Gasteiger partial charge in [0.1, 0.15) is 5.54 Å². The molecule has 1 rings (SSSR count). The summed E-state index contributed by atoms with van der Waals surface area (Å²) >= 11 is 0. The van der Waals surface area contributed by atoms with Crippen molar-refractivity contribution in [1.82, 2.24) is 4.90 Å². The maximum atomic E-state index is 10.1. The predicted molar refractivity (Wildman–Crippen MR) is 31.4 cm³/mol. The van der Waals surface area contributed by atoms with E-state index in [-0.39, 0.29) is 0 Å². The Morgan fingerprint density at radius 3 is 2.44 bits per heavy atom. The molecule has 0 aliphatic heterocycles. The maximum Gasteiger partial charge on any atom is 0.210 e. The number of nitriles is 1. The van der Waals surface area contributed by atoms with Crippen LogP contribution in [0.2, 0.25) is 0 Å². The van der Waals surface area contributed by atoms with E-state index in [1.54, 1.807) is 7.05 Å². The Balaban J connectivity index is 2.62. The number of rotatable bonds is 2. The summed E-state index contributed by atoms with van der Waals surface area (Å²) in [7, 11) is 1.64. The maximum absolute atomic E-state index is 10.1. The summed E-state index contributed by atoms with van der Waals surface area (Å²) in [6.07, 6.45) is 2.37. The minimum Gasteiger partial charge on any atom is -0.330 e. The van der Waals surface area contributed by atoms with Crippen LogP contribution < -0.4 is 0 Å². The van der Waals surface area contributed by atoms with Crippen LogP contribution in [0.25, 0.3) is 0 Å². The van der Waals surface area contributed by atoms with Gasteiger partial charge in [0.25, 0.3) is 0 Å². The highest BCUT2D eigenvalue weighted by molar-refractivity contribution is 5.51. The topological polar surface area (TPSA) is 44.1 Å². The lowest BCUT2D eigenvalue weighted by atomic mass is 10.3. The summed E-state index contributed by atoms with van der Waals surface area (Å²) in [5, 5.41) is 8.51. The lowest BCUT2D eigenvalue weighted by Gasteiger charge is -2.14. The third-order valence-corrected chi connectivity index (χ3v) is 1.76. The molecule has 0 spiro atoms. The number of nitrogens with zero attached hydrogens (tertiary/aromatic N) is 2. The van der Waals surface area contributed by atoms with Gasteiger partial charge in [-0.2, -0.15) is 5.26 Å². The van der Waals surface area contributed by atoms with Crippen LogP contribution in [0.3, 0.4) is 0 Å². The second-order valence-electron chi connectivity index (χ2n) is 2.36. The first kappa shape index (κ1) is 6.09. The van der Waals surface area contributed by atoms with Gasteiger partial charge >= 0.3 is 0 Å². The quantitative estimate of drug-likeness (QED) is 0.491. The van der Waals surface area contributed by atoms with Crippen LogP contribution in [0.1, 0.15) is 12.8 Å². The van der Waals surface area contributed by atoms with Crippen LogP contribution in [-0.4, -0.2) is 23.9 Å². The number of carbonyl (C=O) groups is 1. The summed E-state index contributed by atoms with van der Waals surface area (Å²) in [5.74, 6) is 0. The molecule has 3 heteroatoms. The van der Waals surface area contributed by atoms with Crippen LogP contribution in [0.4, 0.5) is 0 Å². The van der Waals surface area contributed by atoms with Gasteiger partial charge in [0.2, 0.25) is 6.41 Å². The summed E-state index contributed by atoms with van der Waals surface area (Å²) in [5.41, 5.74) is -0.429. The largest absolute Gasteiger partial charge is 0.330 e. The molecule has 1 fully saturated rings. The van der Waals surface area contributed by atoms with Gasteiger partial charge in [-0.25, -0.2) is 0 Å². The Kier molecular flexibility index (Phi) is 1.17. The van der Waals surface area contributed by atoms with Crippen LogP contribution >= 0.6 is 0 Å². The van der Waals surface area contributed by atoms with Crippen molar-refractivity contribution in [1.29, 1.82) is 5.26 Å². The normalized spacial score (nSPS) is 20.0. The first-order valence-electron chi connectivity index (χ1n) is 2.85. The summed E-state index contributed by atoms with van der Waals surface area (Å²) in [6.45, 7) is 0. The zero-order valence-corrected chi connectivity index (χ0v) is 5.29. The zero-order valence-electron chi connectivity index (χ0n) is 5.29. The van der Waals surface area contributed by atoms with E-state index in [0.29, 0.717) is 6.41 Å². The molecule has 0 unspecified atom stereocenters. The van der Waals surface area contributed by atoms with Crippen molar-refractivity contribution in [3.8, 4) is 6.07 Å². The third-order valence-electron chi connectivity index (χ3n) is 1.76. The van der Waals surface area contributed by atoms with Crippen LogP contribution in [0, 0.1) is 11.3 Å². The van der Waals surface area contributed by atoms with E-state index in [9.17, 15) is 4.79 Å². The Hall–Kier alpha value is -1.04. The minimum absolute atomic E-state index is 0.429. The number of amides is 1. The fourth-order valence-corrected chi connectivity index (χ4v) is 0.763. The summed E-state index contributed by atoms with van der Waals surface area (Å²) in [6, 6.07) is 2.10. The first-order chi connectivity index (χ1) is 4.25. The monoisotopic (exact) mass is 124 g/mol. The molecule has 0 saturated heterocycles. The molecule has 0 atom stereocenters. The highest BCUT2D eigenvalue weighted by Gasteiger charge is 2.46. The summed E-state index contributed by atoms with van der Waals surface area (Å²) in [4.78, 5) is 11.6. The zero-order chi connectivity index (χ0) is 6.91. The van der Waals surface area contributed by atoms with Crippen molar-refractivity contribution < 1.29 is 4.79 Å². The van der Waals surface area contributed by atoms with Crippen molar-refractivity contribution in [2.75, 3.05) is 7.05 Å². The number of hydrogen-bond donors (Lipinski definition) is 0. The van der Waals surface area contributed by atoms with Gasteiger partial charge in [-0.3, -0.25) is 4.79 Å². The predicted octanol–water partition coefficient (Wildman–Crippen LogP) is 0.131. The van der Waals surface area contributed by atoms with Gasteiger partial charge < -0.3 is 4.90 Å². The van der Waals surface area contributed by atoms with E-state index in [4.69, 9.17) is 5.26 Å². The lowest BCUT2D eigenvalue weighted by Crippen LogP contribution is -2.30. The van der Waals surface area contributed by atoms with E-state index in [2.05, 4.69) is 6.07 Å². The molecule has 0 aromatic rings. The number of carbonyl (C=O) groups excluding carboxylic acids is 1. The van der Waals surface area contributed by atoms with Gasteiger partial charge in [-0.15, -0.1) is 0 Å². The Morgan fingerprint density at radius 1 is 1.78 bits per heavy atom. The fraction of sp³-hybridized carbons (Fsp3) is 0.667. The molecule has 1 aliphatic rings.